The molecule has 6 heteroatoms. The molecule has 2 heterocycles. The number of aromatic nitrogens is 2. The van der Waals surface area contributed by atoms with Crippen molar-refractivity contribution in [2.45, 2.75) is 12.6 Å². The molecule has 126 valence electrons. The Hall–Kier alpha value is -3.28. The third-order valence-corrected chi connectivity index (χ3v) is 4.01. The maximum Gasteiger partial charge on any atom is 0.264 e. The molecule has 3 aromatic rings. The molecule has 6 nitrogen and oxygen atoms in total. The molecule has 0 fully saturated rings. The van der Waals surface area contributed by atoms with Crippen LogP contribution >= 0.6 is 0 Å². The van der Waals surface area contributed by atoms with Gasteiger partial charge in [-0.25, -0.2) is 4.98 Å². The topological polar surface area (TPSA) is 65.4 Å². The lowest BCUT2D eigenvalue weighted by molar-refractivity contribution is -0.130. The van der Waals surface area contributed by atoms with Gasteiger partial charge < -0.3 is 19.4 Å². The van der Waals surface area contributed by atoms with Gasteiger partial charge in [0.05, 0.1) is 6.33 Å². The molecule has 0 aliphatic carbocycles. The van der Waals surface area contributed by atoms with Gasteiger partial charge in [-0.05, 0) is 29.8 Å². The number of fused-ring (bicyclic) bond motifs is 1. The highest BCUT2D eigenvalue weighted by atomic mass is 16.6. The fraction of sp³-hybridized carbons (Fsp3) is 0.158. The smallest absolute Gasteiger partial charge is 0.264 e. The highest BCUT2D eigenvalue weighted by Gasteiger charge is 2.26. The van der Waals surface area contributed by atoms with E-state index in [4.69, 9.17) is 9.47 Å². The van der Waals surface area contributed by atoms with E-state index in [-0.39, 0.29) is 12.5 Å². The minimum atomic E-state index is -0.639. The van der Waals surface area contributed by atoms with Crippen LogP contribution in [0, 0.1) is 0 Å². The SMILES string of the molecule is O=C(NCc1ccc(-n2ccnc2)cc1)C1COc2ccccc2O1. The Bertz CT molecular complexity index is 860. The number of ether oxygens (including phenoxy) is 2. The second-order valence-corrected chi connectivity index (χ2v) is 5.72. The van der Waals surface area contributed by atoms with Gasteiger partial charge in [-0.3, -0.25) is 4.79 Å². The van der Waals surface area contributed by atoms with E-state index in [2.05, 4.69) is 10.3 Å². The molecule has 1 aliphatic heterocycles. The minimum absolute atomic E-state index is 0.187. The van der Waals surface area contributed by atoms with E-state index in [0.717, 1.165) is 11.3 Å². The van der Waals surface area contributed by atoms with Crippen LogP contribution in [0.4, 0.5) is 0 Å². The van der Waals surface area contributed by atoms with E-state index in [1.165, 1.54) is 0 Å². The quantitative estimate of drug-likeness (QED) is 0.795. The van der Waals surface area contributed by atoms with Crippen molar-refractivity contribution in [3.8, 4) is 17.2 Å². The summed E-state index contributed by atoms with van der Waals surface area (Å²) in [4.78, 5) is 16.3. The molecular weight excluding hydrogens is 318 g/mol. The van der Waals surface area contributed by atoms with Gasteiger partial charge >= 0.3 is 0 Å². The molecule has 2 aromatic carbocycles. The zero-order valence-electron chi connectivity index (χ0n) is 13.5. The summed E-state index contributed by atoms with van der Waals surface area (Å²) in [5.74, 6) is 1.08. The Morgan fingerprint density at radius 2 is 1.96 bits per heavy atom. The van der Waals surface area contributed by atoms with Crippen molar-refractivity contribution in [1.29, 1.82) is 0 Å². The van der Waals surface area contributed by atoms with Crippen LogP contribution in [0.5, 0.6) is 11.5 Å². The standard InChI is InChI=1S/C19H17N3O3/c23-19(18-12-24-16-3-1-2-4-17(16)25-18)21-11-14-5-7-15(8-6-14)22-10-9-20-13-22/h1-10,13,18H,11-12H2,(H,21,23). The summed E-state index contributed by atoms with van der Waals surface area (Å²) in [5.41, 5.74) is 2.03. The van der Waals surface area contributed by atoms with Crippen LogP contribution in [0.15, 0.2) is 67.3 Å². The van der Waals surface area contributed by atoms with Crippen LogP contribution in [-0.2, 0) is 11.3 Å². The van der Waals surface area contributed by atoms with Gasteiger partial charge in [0.15, 0.2) is 11.5 Å². The third kappa shape index (κ3) is 3.33. The molecule has 25 heavy (non-hydrogen) atoms. The Morgan fingerprint density at radius 3 is 2.72 bits per heavy atom. The van der Waals surface area contributed by atoms with Crippen molar-refractivity contribution in [2.75, 3.05) is 6.61 Å². The molecule has 0 saturated heterocycles. The Labute approximate surface area is 145 Å². The van der Waals surface area contributed by atoms with Crippen LogP contribution in [0.3, 0.4) is 0 Å². The van der Waals surface area contributed by atoms with Crippen molar-refractivity contribution >= 4 is 5.91 Å². The Morgan fingerprint density at radius 1 is 1.16 bits per heavy atom. The second-order valence-electron chi connectivity index (χ2n) is 5.72. The molecule has 1 aromatic heterocycles. The number of hydrogen-bond donors (Lipinski definition) is 1. The van der Waals surface area contributed by atoms with Crippen molar-refractivity contribution < 1.29 is 14.3 Å². The molecule has 1 amide bonds. The fourth-order valence-corrected chi connectivity index (χ4v) is 2.65. The zero-order valence-corrected chi connectivity index (χ0v) is 13.5. The summed E-state index contributed by atoms with van der Waals surface area (Å²) in [5, 5.41) is 2.89. The number of hydrogen-bond acceptors (Lipinski definition) is 4. The lowest BCUT2D eigenvalue weighted by atomic mass is 10.2. The first-order valence-electron chi connectivity index (χ1n) is 8.03. The zero-order chi connectivity index (χ0) is 17.1. The predicted molar refractivity (Wildman–Crippen MR) is 91.8 cm³/mol. The van der Waals surface area contributed by atoms with E-state index in [0.29, 0.717) is 18.0 Å². The highest BCUT2D eigenvalue weighted by molar-refractivity contribution is 5.81. The summed E-state index contributed by atoms with van der Waals surface area (Å²) in [6, 6.07) is 15.3. The summed E-state index contributed by atoms with van der Waals surface area (Å²) in [6.45, 7) is 0.646. The lowest BCUT2D eigenvalue weighted by Crippen LogP contribution is -2.43. The second kappa shape index (κ2) is 6.68. The lowest BCUT2D eigenvalue weighted by Gasteiger charge is -2.25. The predicted octanol–water partition coefficient (Wildman–Crippen LogP) is 2.33. The van der Waals surface area contributed by atoms with Gasteiger partial charge in [-0.1, -0.05) is 24.3 Å². The van der Waals surface area contributed by atoms with Crippen molar-refractivity contribution in [1.82, 2.24) is 14.9 Å². The Balaban J connectivity index is 1.35. The molecule has 0 radical (unpaired) electrons. The van der Waals surface area contributed by atoms with E-state index < -0.39 is 6.10 Å². The number of carbonyl (C=O) groups excluding carboxylic acids is 1. The summed E-state index contributed by atoms with van der Waals surface area (Å²) in [7, 11) is 0. The van der Waals surface area contributed by atoms with Crippen LogP contribution in [0.25, 0.3) is 5.69 Å². The molecule has 1 unspecified atom stereocenters. The van der Waals surface area contributed by atoms with Gasteiger partial charge in [-0.2, -0.15) is 0 Å². The first-order chi connectivity index (χ1) is 12.3. The van der Waals surface area contributed by atoms with Gasteiger partial charge in [0.2, 0.25) is 6.10 Å². The Kier molecular flexibility index (Phi) is 4.08. The molecule has 1 N–H and O–H groups in total. The van der Waals surface area contributed by atoms with Crippen molar-refractivity contribution in [3.05, 3.63) is 72.8 Å². The summed E-state index contributed by atoms with van der Waals surface area (Å²) in [6.07, 6.45) is 4.72. The molecule has 0 bridgehead atoms. The van der Waals surface area contributed by atoms with E-state index in [1.54, 1.807) is 18.6 Å². The largest absolute Gasteiger partial charge is 0.485 e. The van der Waals surface area contributed by atoms with Crippen LogP contribution < -0.4 is 14.8 Å². The molecular formula is C19H17N3O3. The van der Waals surface area contributed by atoms with Crippen LogP contribution in [-0.4, -0.2) is 28.2 Å². The number of nitrogens with zero attached hydrogens (tertiary/aromatic N) is 2. The van der Waals surface area contributed by atoms with Crippen molar-refractivity contribution in [3.63, 3.8) is 0 Å². The maximum atomic E-state index is 12.3. The van der Waals surface area contributed by atoms with E-state index >= 15 is 0 Å². The first-order valence-corrected chi connectivity index (χ1v) is 8.03. The molecule has 1 atom stereocenters. The van der Waals surface area contributed by atoms with Crippen LogP contribution in [0.1, 0.15) is 5.56 Å². The number of nitrogens with one attached hydrogen (secondary N) is 1. The minimum Gasteiger partial charge on any atom is -0.485 e. The number of benzene rings is 2. The monoisotopic (exact) mass is 335 g/mol. The summed E-state index contributed by atoms with van der Waals surface area (Å²) < 4.78 is 13.2. The van der Waals surface area contributed by atoms with Crippen molar-refractivity contribution in [2.24, 2.45) is 0 Å². The molecule has 1 aliphatic rings. The fourth-order valence-electron chi connectivity index (χ4n) is 2.65. The number of rotatable bonds is 4. The summed E-state index contributed by atoms with van der Waals surface area (Å²) >= 11 is 0. The van der Waals surface area contributed by atoms with Gasteiger partial charge in [0, 0.05) is 24.6 Å². The van der Waals surface area contributed by atoms with Crippen LogP contribution in [0.2, 0.25) is 0 Å². The number of para-hydroxylation sites is 2. The average molecular weight is 335 g/mol. The maximum absolute atomic E-state index is 12.3. The van der Waals surface area contributed by atoms with Gasteiger partial charge in [0.1, 0.15) is 6.61 Å². The molecule has 0 saturated carbocycles. The van der Waals surface area contributed by atoms with E-state index in [9.17, 15) is 4.79 Å². The highest BCUT2D eigenvalue weighted by Crippen LogP contribution is 2.30. The van der Waals surface area contributed by atoms with Gasteiger partial charge in [-0.15, -0.1) is 0 Å². The first kappa shape index (κ1) is 15.3. The van der Waals surface area contributed by atoms with E-state index in [1.807, 2.05) is 53.2 Å². The molecule has 4 rings (SSSR count). The van der Waals surface area contributed by atoms with Gasteiger partial charge in [0.25, 0.3) is 5.91 Å². The average Bonchev–Trinajstić information content (AvgIpc) is 3.21. The normalized spacial score (nSPS) is 15.6. The number of carbonyl (C=O) groups is 1. The third-order valence-electron chi connectivity index (χ3n) is 4.01. The number of amides is 1. The molecule has 0 spiro atoms. The number of imidazole rings is 1.